The summed E-state index contributed by atoms with van der Waals surface area (Å²) in [4.78, 5) is 11.7. The number of carbonyl (C=O) groups excluding carboxylic acids is 1. The van der Waals surface area contributed by atoms with Crippen molar-refractivity contribution in [3.63, 3.8) is 0 Å². The second-order valence-corrected chi connectivity index (χ2v) is 4.94. The zero-order valence-electron chi connectivity index (χ0n) is 12.6. The van der Waals surface area contributed by atoms with Gasteiger partial charge in [-0.3, -0.25) is 4.79 Å². The highest BCUT2D eigenvalue weighted by Gasteiger charge is 2.21. The molecule has 0 aliphatic rings. The van der Waals surface area contributed by atoms with Gasteiger partial charge in [-0.05, 0) is 31.5 Å². The first-order chi connectivity index (χ1) is 9.33. The standard InChI is InChI=1S/C14H22N2O4/c1-14(2,15)13(17)16-8-9-6-10(18-3)12(20-5)11(7-9)19-4/h6-7H,8,15H2,1-5H3,(H,16,17). The van der Waals surface area contributed by atoms with Gasteiger partial charge in [0.2, 0.25) is 11.7 Å². The fourth-order valence-corrected chi connectivity index (χ4v) is 1.65. The molecule has 1 aromatic carbocycles. The molecule has 1 amide bonds. The average molecular weight is 282 g/mol. The Morgan fingerprint density at radius 3 is 2.00 bits per heavy atom. The maximum atomic E-state index is 11.7. The highest BCUT2D eigenvalue weighted by molar-refractivity contribution is 5.85. The summed E-state index contributed by atoms with van der Waals surface area (Å²) in [6.07, 6.45) is 0. The minimum absolute atomic E-state index is 0.230. The fourth-order valence-electron chi connectivity index (χ4n) is 1.65. The van der Waals surface area contributed by atoms with Crippen molar-refractivity contribution in [2.45, 2.75) is 25.9 Å². The van der Waals surface area contributed by atoms with E-state index >= 15 is 0 Å². The Morgan fingerprint density at radius 2 is 1.65 bits per heavy atom. The minimum Gasteiger partial charge on any atom is -0.493 e. The highest BCUT2D eigenvalue weighted by atomic mass is 16.5. The Labute approximate surface area is 119 Å². The van der Waals surface area contributed by atoms with Crippen LogP contribution in [0.2, 0.25) is 0 Å². The summed E-state index contributed by atoms with van der Waals surface area (Å²) in [5, 5.41) is 2.76. The van der Waals surface area contributed by atoms with E-state index in [0.717, 1.165) is 5.56 Å². The molecule has 0 unspecified atom stereocenters. The van der Waals surface area contributed by atoms with Crippen molar-refractivity contribution in [3.8, 4) is 17.2 Å². The van der Waals surface area contributed by atoms with Crippen molar-refractivity contribution < 1.29 is 19.0 Å². The molecule has 1 rings (SSSR count). The third-order valence-electron chi connectivity index (χ3n) is 2.76. The summed E-state index contributed by atoms with van der Waals surface area (Å²) in [5.74, 6) is 1.38. The monoisotopic (exact) mass is 282 g/mol. The number of rotatable bonds is 6. The molecule has 6 heteroatoms. The van der Waals surface area contributed by atoms with Gasteiger partial charge in [-0.2, -0.15) is 0 Å². The summed E-state index contributed by atoms with van der Waals surface area (Å²) in [5.41, 5.74) is 5.63. The van der Waals surface area contributed by atoms with E-state index in [-0.39, 0.29) is 5.91 Å². The van der Waals surface area contributed by atoms with Gasteiger partial charge in [-0.1, -0.05) is 0 Å². The van der Waals surface area contributed by atoms with Gasteiger partial charge < -0.3 is 25.3 Å². The van der Waals surface area contributed by atoms with Crippen molar-refractivity contribution in [2.24, 2.45) is 5.73 Å². The van der Waals surface area contributed by atoms with Crippen molar-refractivity contribution in [3.05, 3.63) is 17.7 Å². The molecule has 0 radical (unpaired) electrons. The molecule has 0 saturated heterocycles. The van der Waals surface area contributed by atoms with Gasteiger partial charge in [0.1, 0.15) is 0 Å². The highest BCUT2D eigenvalue weighted by Crippen LogP contribution is 2.38. The summed E-state index contributed by atoms with van der Waals surface area (Å²) in [6.45, 7) is 3.63. The van der Waals surface area contributed by atoms with Crippen LogP contribution in [0, 0.1) is 0 Å². The summed E-state index contributed by atoms with van der Waals surface area (Å²) >= 11 is 0. The number of benzene rings is 1. The molecular formula is C14H22N2O4. The largest absolute Gasteiger partial charge is 0.493 e. The van der Waals surface area contributed by atoms with Crippen LogP contribution in [0.1, 0.15) is 19.4 Å². The lowest BCUT2D eigenvalue weighted by molar-refractivity contribution is -0.125. The summed E-state index contributed by atoms with van der Waals surface area (Å²) in [6, 6.07) is 3.57. The van der Waals surface area contributed by atoms with Crippen molar-refractivity contribution in [1.29, 1.82) is 0 Å². The lowest BCUT2D eigenvalue weighted by atomic mass is 10.1. The van der Waals surface area contributed by atoms with Crippen LogP contribution < -0.4 is 25.3 Å². The topological polar surface area (TPSA) is 82.8 Å². The number of ether oxygens (including phenoxy) is 3. The molecule has 3 N–H and O–H groups in total. The van der Waals surface area contributed by atoms with E-state index < -0.39 is 5.54 Å². The van der Waals surface area contributed by atoms with Crippen molar-refractivity contribution in [2.75, 3.05) is 21.3 Å². The second-order valence-electron chi connectivity index (χ2n) is 4.94. The molecule has 0 fully saturated rings. The van der Waals surface area contributed by atoms with Gasteiger partial charge in [-0.15, -0.1) is 0 Å². The first-order valence-electron chi connectivity index (χ1n) is 6.19. The zero-order valence-corrected chi connectivity index (χ0v) is 12.6. The Hall–Kier alpha value is -1.95. The number of carbonyl (C=O) groups is 1. The molecule has 20 heavy (non-hydrogen) atoms. The maximum absolute atomic E-state index is 11.7. The van der Waals surface area contributed by atoms with E-state index in [1.165, 1.54) is 0 Å². The van der Waals surface area contributed by atoms with E-state index in [0.29, 0.717) is 23.8 Å². The molecule has 112 valence electrons. The Kier molecular flexibility index (Phi) is 5.21. The van der Waals surface area contributed by atoms with Crippen LogP contribution in [0.4, 0.5) is 0 Å². The number of nitrogens with one attached hydrogen (secondary N) is 1. The lowest BCUT2D eigenvalue weighted by Crippen LogP contribution is -2.48. The van der Waals surface area contributed by atoms with Gasteiger partial charge in [0.25, 0.3) is 0 Å². The zero-order chi connectivity index (χ0) is 15.3. The van der Waals surface area contributed by atoms with Gasteiger partial charge in [0.05, 0.1) is 26.9 Å². The third kappa shape index (κ3) is 3.77. The van der Waals surface area contributed by atoms with Crippen LogP contribution in [0.5, 0.6) is 17.2 Å². The number of hydrogen-bond donors (Lipinski definition) is 2. The predicted molar refractivity (Wildman–Crippen MR) is 76.2 cm³/mol. The lowest BCUT2D eigenvalue weighted by Gasteiger charge is -2.19. The average Bonchev–Trinajstić information content (AvgIpc) is 2.42. The smallest absolute Gasteiger partial charge is 0.239 e. The number of nitrogens with two attached hydrogens (primary N) is 1. The van der Waals surface area contributed by atoms with E-state index in [1.54, 1.807) is 47.3 Å². The summed E-state index contributed by atoms with van der Waals surface area (Å²) in [7, 11) is 4.63. The Balaban J connectivity index is 2.94. The maximum Gasteiger partial charge on any atom is 0.239 e. The summed E-state index contributed by atoms with van der Waals surface area (Å²) < 4.78 is 15.7. The first-order valence-corrected chi connectivity index (χ1v) is 6.19. The number of amides is 1. The third-order valence-corrected chi connectivity index (χ3v) is 2.76. The van der Waals surface area contributed by atoms with Gasteiger partial charge >= 0.3 is 0 Å². The Morgan fingerprint density at radius 1 is 1.15 bits per heavy atom. The first kappa shape index (κ1) is 16.1. The van der Waals surface area contributed by atoms with Crippen LogP contribution >= 0.6 is 0 Å². The number of hydrogen-bond acceptors (Lipinski definition) is 5. The molecular weight excluding hydrogens is 260 g/mol. The normalized spacial score (nSPS) is 10.9. The molecule has 0 saturated carbocycles. The van der Waals surface area contributed by atoms with Gasteiger partial charge in [0, 0.05) is 6.54 Å². The molecule has 0 aliphatic heterocycles. The Bertz CT molecular complexity index is 456. The molecule has 6 nitrogen and oxygen atoms in total. The van der Waals surface area contributed by atoms with Crippen LogP contribution in [-0.4, -0.2) is 32.8 Å². The molecule has 0 atom stereocenters. The van der Waals surface area contributed by atoms with Crippen molar-refractivity contribution >= 4 is 5.91 Å². The fraction of sp³-hybridized carbons (Fsp3) is 0.500. The van der Waals surface area contributed by atoms with E-state index in [2.05, 4.69) is 5.32 Å². The van der Waals surface area contributed by atoms with Gasteiger partial charge in [-0.25, -0.2) is 0 Å². The molecule has 0 aromatic heterocycles. The van der Waals surface area contributed by atoms with Crippen molar-refractivity contribution in [1.82, 2.24) is 5.32 Å². The molecule has 0 aliphatic carbocycles. The van der Waals surface area contributed by atoms with Crippen LogP contribution in [0.15, 0.2) is 12.1 Å². The molecule has 0 heterocycles. The van der Waals surface area contributed by atoms with E-state index in [1.807, 2.05) is 0 Å². The SMILES string of the molecule is COc1cc(CNC(=O)C(C)(C)N)cc(OC)c1OC. The quantitative estimate of drug-likeness (QED) is 0.815. The van der Waals surface area contributed by atoms with E-state index in [4.69, 9.17) is 19.9 Å². The predicted octanol–water partition coefficient (Wildman–Crippen LogP) is 1.07. The van der Waals surface area contributed by atoms with Crippen LogP contribution in [-0.2, 0) is 11.3 Å². The van der Waals surface area contributed by atoms with Crippen LogP contribution in [0.25, 0.3) is 0 Å². The van der Waals surface area contributed by atoms with Crippen LogP contribution in [0.3, 0.4) is 0 Å². The minimum atomic E-state index is -0.916. The van der Waals surface area contributed by atoms with E-state index in [9.17, 15) is 4.79 Å². The molecule has 1 aromatic rings. The van der Waals surface area contributed by atoms with Gasteiger partial charge in [0.15, 0.2) is 11.5 Å². The number of methoxy groups -OCH3 is 3. The molecule has 0 spiro atoms. The molecule has 0 bridgehead atoms. The second kappa shape index (κ2) is 6.47.